The molecular formula is C22H26Br2Cl3NO2S. The first-order valence-corrected chi connectivity index (χ1v) is 14.9. The molecule has 0 aliphatic rings. The second kappa shape index (κ2) is 12.5. The predicted molar refractivity (Wildman–Crippen MR) is 142 cm³/mol. The predicted octanol–water partition coefficient (Wildman–Crippen LogP) is 8.68. The van der Waals surface area contributed by atoms with Crippen LogP contribution in [0, 0.1) is 0 Å². The second-order valence-electron chi connectivity index (χ2n) is 7.49. The van der Waals surface area contributed by atoms with Gasteiger partial charge >= 0.3 is 0 Å². The summed E-state index contributed by atoms with van der Waals surface area (Å²) in [7, 11) is -3.94. The van der Waals surface area contributed by atoms with Crippen molar-refractivity contribution in [3.05, 3.63) is 57.0 Å². The Labute approximate surface area is 217 Å². The third-order valence-corrected chi connectivity index (χ3v) is 9.03. The summed E-state index contributed by atoms with van der Waals surface area (Å²) in [6.07, 6.45) is 3.25. The summed E-state index contributed by atoms with van der Waals surface area (Å²) >= 11 is 25.8. The molecule has 2 rings (SSSR count). The zero-order chi connectivity index (χ0) is 23.2. The van der Waals surface area contributed by atoms with E-state index in [0.29, 0.717) is 32.7 Å². The maximum absolute atomic E-state index is 14.1. The van der Waals surface area contributed by atoms with Gasteiger partial charge in [0.1, 0.15) is 0 Å². The van der Waals surface area contributed by atoms with Crippen LogP contribution in [0.2, 0.25) is 15.1 Å². The second-order valence-corrected chi connectivity index (χ2v) is 12.1. The molecular weight excluding hydrogens is 608 g/mol. The zero-order valence-corrected chi connectivity index (χ0v) is 23.7. The van der Waals surface area contributed by atoms with Crippen LogP contribution in [-0.4, -0.2) is 25.1 Å². The van der Waals surface area contributed by atoms with Crippen molar-refractivity contribution in [2.24, 2.45) is 0 Å². The molecule has 0 amide bonds. The topological polar surface area (TPSA) is 37.4 Å². The van der Waals surface area contributed by atoms with Crippen molar-refractivity contribution in [3.63, 3.8) is 0 Å². The lowest BCUT2D eigenvalue weighted by Crippen LogP contribution is -2.39. The van der Waals surface area contributed by atoms with Crippen LogP contribution in [0.3, 0.4) is 0 Å². The van der Waals surface area contributed by atoms with E-state index in [1.807, 2.05) is 13.8 Å². The zero-order valence-electron chi connectivity index (χ0n) is 17.4. The SMILES string of the molecule is C[C@H](CCCBr)c1cc(Cl)ccc1S(=O)(=O)N(c1cc(Cl)ccc1Cl)[C@H](C)CCCBr. The minimum Gasteiger partial charge on any atom is -0.262 e. The highest BCUT2D eigenvalue weighted by Gasteiger charge is 2.33. The molecule has 0 spiro atoms. The van der Waals surface area contributed by atoms with Gasteiger partial charge in [-0.05, 0) is 80.5 Å². The van der Waals surface area contributed by atoms with E-state index in [1.165, 1.54) is 4.31 Å². The maximum Gasteiger partial charge on any atom is 0.264 e. The van der Waals surface area contributed by atoms with E-state index >= 15 is 0 Å². The van der Waals surface area contributed by atoms with Crippen LogP contribution < -0.4 is 4.31 Å². The van der Waals surface area contributed by atoms with Crippen molar-refractivity contribution in [1.29, 1.82) is 0 Å². The monoisotopic (exact) mass is 631 g/mol. The Morgan fingerprint density at radius 3 is 2.13 bits per heavy atom. The smallest absolute Gasteiger partial charge is 0.262 e. The summed E-state index contributed by atoms with van der Waals surface area (Å²) in [5.74, 6) is 0.0237. The minimum atomic E-state index is -3.94. The third-order valence-electron chi connectivity index (χ3n) is 5.11. The highest BCUT2D eigenvalue weighted by Crippen LogP contribution is 2.38. The molecule has 0 bridgehead atoms. The molecule has 2 aromatic rings. The first-order chi connectivity index (χ1) is 14.6. The van der Waals surface area contributed by atoms with Crippen molar-refractivity contribution in [2.45, 2.75) is 56.4 Å². The van der Waals surface area contributed by atoms with Crippen molar-refractivity contribution in [3.8, 4) is 0 Å². The van der Waals surface area contributed by atoms with E-state index in [1.54, 1.807) is 36.4 Å². The van der Waals surface area contributed by atoms with E-state index in [-0.39, 0.29) is 16.9 Å². The van der Waals surface area contributed by atoms with Gasteiger partial charge in [0.2, 0.25) is 0 Å². The molecule has 0 N–H and O–H groups in total. The summed E-state index contributed by atoms with van der Waals surface area (Å²) < 4.78 is 29.6. The number of benzene rings is 2. The molecule has 2 aromatic carbocycles. The van der Waals surface area contributed by atoms with E-state index in [4.69, 9.17) is 34.8 Å². The molecule has 0 aromatic heterocycles. The molecule has 0 fully saturated rings. The Morgan fingerprint density at radius 2 is 1.48 bits per heavy atom. The normalized spacial score (nSPS) is 13.8. The van der Waals surface area contributed by atoms with Gasteiger partial charge < -0.3 is 0 Å². The lowest BCUT2D eigenvalue weighted by Gasteiger charge is -2.32. The molecule has 3 nitrogen and oxygen atoms in total. The van der Waals surface area contributed by atoms with E-state index in [9.17, 15) is 8.42 Å². The van der Waals surface area contributed by atoms with E-state index in [0.717, 1.165) is 29.9 Å². The van der Waals surface area contributed by atoms with Crippen LogP contribution in [0.1, 0.15) is 51.0 Å². The Balaban J connectivity index is 2.67. The van der Waals surface area contributed by atoms with Crippen molar-refractivity contribution < 1.29 is 8.42 Å². The van der Waals surface area contributed by atoms with Gasteiger partial charge in [-0.3, -0.25) is 4.31 Å². The molecule has 0 unspecified atom stereocenters. The van der Waals surface area contributed by atoms with Gasteiger partial charge in [-0.25, -0.2) is 8.42 Å². The molecule has 0 radical (unpaired) electrons. The van der Waals surface area contributed by atoms with Crippen LogP contribution in [0.25, 0.3) is 0 Å². The molecule has 0 saturated heterocycles. The van der Waals surface area contributed by atoms with Crippen molar-refractivity contribution in [2.75, 3.05) is 15.0 Å². The number of hydrogen-bond donors (Lipinski definition) is 0. The molecule has 2 atom stereocenters. The van der Waals surface area contributed by atoms with E-state index in [2.05, 4.69) is 31.9 Å². The fraction of sp³-hybridized carbons (Fsp3) is 0.455. The fourth-order valence-electron chi connectivity index (χ4n) is 3.53. The van der Waals surface area contributed by atoms with Crippen LogP contribution in [-0.2, 0) is 10.0 Å². The standard InChI is InChI=1S/C22H26Br2Cl3NO2S/c1-15(5-3-11-23)19-13-17(25)8-10-22(19)31(29,30)28(16(2)6-4-12-24)21-14-18(26)7-9-20(21)27/h7-10,13-16H,3-6,11-12H2,1-2H3/t15-,16-/m1/s1. The molecule has 31 heavy (non-hydrogen) atoms. The van der Waals surface area contributed by atoms with Crippen molar-refractivity contribution >= 4 is 82.4 Å². The molecule has 0 heterocycles. The third kappa shape index (κ3) is 7.00. The first kappa shape index (κ1) is 27.3. The van der Waals surface area contributed by atoms with Crippen LogP contribution in [0.15, 0.2) is 41.3 Å². The Hall–Kier alpha value is 0.0200. The van der Waals surface area contributed by atoms with Gasteiger partial charge in [0, 0.05) is 26.7 Å². The van der Waals surface area contributed by atoms with E-state index < -0.39 is 10.0 Å². The van der Waals surface area contributed by atoms with Crippen molar-refractivity contribution in [1.82, 2.24) is 0 Å². The van der Waals surface area contributed by atoms with Gasteiger partial charge in [0.05, 0.1) is 15.6 Å². The maximum atomic E-state index is 14.1. The first-order valence-electron chi connectivity index (χ1n) is 10.0. The summed E-state index contributed by atoms with van der Waals surface area (Å²) in [6.45, 7) is 3.92. The average Bonchev–Trinajstić information content (AvgIpc) is 2.72. The molecule has 0 saturated carbocycles. The summed E-state index contributed by atoms with van der Waals surface area (Å²) in [5.41, 5.74) is 1.09. The Bertz CT molecular complexity index is 989. The number of rotatable bonds is 11. The van der Waals surface area contributed by atoms with Crippen LogP contribution in [0.5, 0.6) is 0 Å². The lowest BCUT2D eigenvalue weighted by molar-refractivity contribution is 0.566. The summed E-state index contributed by atoms with van der Waals surface area (Å²) in [6, 6.07) is 9.54. The number of halogens is 5. The lowest BCUT2D eigenvalue weighted by atomic mass is 9.96. The number of nitrogens with zero attached hydrogens (tertiary/aromatic N) is 1. The average molecular weight is 635 g/mol. The molecule has 0 aliphatic heterocycles. The van der Waals surface area contributed by atoms with Crippen LogP contribution >= 0.6 is 66.7 Å². The highest BCUT2D eigenvalue weighted by molar-refractivity contribution is 9.09. The van der Waals surface area contributed by atoms with Crippen LogP contribution in [0.4, 0.5) is 5.69 Å². The fourth-order valence-corrected chi connectivity index (χ4v) is 6.78. The largest absolute Gasteiger partial charge is 0.264 e. The quantitative estimate of drug-likeness (QED) is 0.232. The summed E-state index contributed by atoms with van der Waals surface area (Å²) in [5, 5.41) is 2.91. The summed E-state index contributed by atoms with van der Waals surface area (Å²) in [4.78, 5) is 0.251. The number of anilines is 1. The Kier molecular flexibility index (Phi) is 11.0. The van der Waals surface area contributed by atoms with Gasteiger partial charge in [0.25, 0.3) is 10.0 Å². The number of alkyl halides is 2. The Morgan fingerprint density at radius 1 is 0.903 bits per heavy atom. The van der Waals surface area contributed by atoms with Gasteiger partial charge in [-0.15, -0.1) is 0 Å². The van der Waals surface area contributed by atoms with Gasteiger partial charge in [-0.1, -0.05) is 73.6 Å². The molecule has 9 heteroatoms. The van der Waals surface area contributed by atoms with Gasteiger partial charge in [-0.2, -0.15) is 0 Å². The highest BCUT2D eigenvalue weighted by atomic mass is 79.9. The van der Waals surface area contributed by atoms with Gasteiger partial charge in [0.15, 0.2) is 0 Å². The minimum absolute atomic E-state index is 0.0237. The number of hydrogen-bond acceptors (Lipinski definition) is 2. The molecule has 0 aliphatic carbocycles. The number of sulfonamides is 1. The molecule has 172 valence electrons.